The molecule has 2 heterocycles. The number of thiazole rings is 1. The summed E-state index contributed by atoms with van der Waals surface area (Å²) < 4.78 is 2.32. The third-order valence-electron chi connectivity index (χ3n) is 4.05. The summed E-state index contributed by atoms with van der Waals surface area (Å²) in [4.78, 5) is 20.8. The Morgan fingerprint density at radius 2 is 2.13 bits per heavy atom. The Bertz CT molecular complexity index is 682. The van der Waals surface area contributed by atoms with Gasteiger partial charge in [0, 0.05) is 50.2 Å². The fraction of sp³-hybridized carbons (Fsp3) is 0.500. The quantitative estimate of drug-likeness (QED) is 0.843. The van der Waals surface area contributed by atoms with E-state index in [9.17, 15) is 4.79 Å². The van der Waals surface area contributed by atoms with E-state index in [1.807, 2.05) is 13.0 Å². The van der Waals surface area contributed by atoms with Gasteiger partial charge in [-0.1, -0.05) is 34.2 Å². The summed E-state index contributed by atoms with van der Waals surface area (Å²) in [6, 6.07) is 6.23. The van der Waals surface area contributed by atoms with Gasteiger partial charge in [0.1, 0.15) is 0 Å². The molecule has 2 aromatic rings. The molecule has 1 aromatic heterocycles. The number of carbonyl (C=O) groups is 1. The molecule has 1 N–H and O–H groups in total. The van der Waals surface area contributed by atoms with Crippen LogP contribution in [-0.2, 0) is 4.79 Å². The van der Waals surface area contributed by atoms with Gasteiger partial charge in [0.2, 0.25) is 5.91 Å². The smallest absolute Gasteiger partial charge is 0.219 e. The second-order valence-corrected chi connectivity index (χ2v) is 7.57. The van der Waals surface area contributed by atoms with Crippen molar-refractivity contribution in [3.8, 4) is 0 Å². The number of piperazine rings is 1. The maximum atomic E-state index is 11.3. The molecule has 1 amide bonds. The second kappa shape index (κ2) is 7.59. The number of rotatable bonds is 5. The number of fused-ring (bicyclic) bond motifs is 1. The summed E-state index contributed by atoms with van der Waals surface area (Å²) in [5, 5.41) is 4.04. The van der Waals surface area contributed by atoms with E-state index in [0.717, 1.165) is 54.4 Å². The summed E-state index contributed by atoms with van der Waals surface area (Å²) >= 11 is 5.27. The van der Waals surface area contributed by atoms with Crippen molar-refractivity contribution in [2.75, 3.05) is 44.2 Å². The normalized spacial score (nSPS) is 16.0. The topological polar surface area (TPSA) is 48.5 Å². The number of carbonyl (C=O) groups excluding carboxylic acids is 1. The molecule has 124 valence electrons. The van der Waals surface area contributed by atoms with Crippen LogP contribution in [0.15, 0.2) is 22.7 Å². The molecular weight excluding hydrogens is 376 g/mol. The number of anilines is 1. The number of amides is 1. The number of nitrogens with zero attached hydrogens (tertiary/aromatic N) is 3. The van der Waals surface area contributed by atoms with Crippen LogP contribution in [0.1, 0.15) is 13.3 Å². The highest BCUT2D eigenvalue weighted by molar-refractivity contribution is 9.10. The van der Waals surface area contributed by atoms with Crippen molar-refractivity contribution in [3.63, 3.8) is 0 Å². The molecule has 1 fully saturated rings. The molecule has 3 rings (SSSR count). The second-order valence-electron chi connectivity index (χ2n) is 5.64. The van der Waals surface area contributed by atoms with E-state index in [2.05, 4.69) is 43.2 Å². The molecule has 23 heavy (non-hydrogen) atoms. The van der Waals surface area contributed by atoms with Gasteiger partial charge in [0.25, 0.3) is 0 Å². The summed E-state index contributed by atoms with van der Waals surface area (Å²) in [5.41, 5.74) is 1.07. The fourth-order valence-electron chi connectivity index (χ4n) is 2.66. The highest BCUT2D eigenvalue weighted by Crippen LogP contribution is 2.31. The van der Waals surface area contributed by atoms with E-state index in [0.29, 0.717) is 6.42 Å². The highest BCUT2D eigenvalue weighted by atomic mass is 79.9. The first kappa shape index (κ1) is 16.7. The number of hydrogen-bond acceptors (Lipinski definition) is 5. The molecule has 0 bridgehead atoms. The van der Waals surface area contributed by atoms with E-state index in [1.54, 1.807) is 11.3 Å². The summed E-state index contributed by atoms with van der Waals surface area (Å²) in [5.74, 6) is 0.129. The minimum atomic E-state index is 0.129. The Labute approximate surface area is 148 Å². The lowest BCUT2D eigenvalue weighted by Crippen LogP contribution is -2.48. The molecule has 7 heteroatoms. The summed E-state index contributed by atoms with van der Waals surface area (Å²) in [6.45, 7) is 7.55. The van der Waals surface area contributed by atoms with Crippen LogP contribution in [0.3, 0.4) is 0 Å². The molecule has 1 aliphatic rings. The van der Waals surface area contributed by atoms with Crippen LogP contribution < -0.4 is 10.2 Å². The number of halogens is 1. The van der Waals surface area contributed by atoms with Crippen molar-refractivity contribution >= 4 is 48.5 Å². The zero-order valence-corrected chi connectivity index (χ0v) is 15.6. The Hall–Kier alpha value is -1.18. The van der Waals surface area contributed by atoms with Crippen LogP contribution in [0, 0.1) is 0 Å². The minimum Gasteiger partial charge on any atom is -0.355 e. The first-order chi connectivity index (χ1) is 11.2. The highest BCUT2D eigenvalue weighted by Gasteiger charge is 2.19. The van der Waals surface area contributed by atoms with Gasteiger partial charge in [-0.25, -0.2) is 4.98 Å². The Balaban J connectivity index is 1.52. The Morgan fingerprint density at radius 1 is 1.35 bits per heavy atom. The lowest BCUT2D eigenvalue weighted by Gasteiger charge is -2.34. The molecule has 0 unspecified atom stereocenters. The zero-order chi connectivity index (χ0) is 16.2. The van der Waals surface area contributed by atoms with Gasteiger partial charge >= 0.3 is 0 Å². The third kappa shape index (κ3) is 4.22. The van der Waals surface area contributed by atoms with Gasteiger partial charge < -0.3 is 10.2 Å². The van der Waals surface area contributed by atoms with E-state index in [4.69, 9.17) is 4.98 Å². The molecule has 1 aromatic carbocycles. The monoisotopic (exact) mass is 396 g/mol. The molecule has 0 radical (unpaired) electrons. The van der Waals surface area contributed by atoms with Gasteiger partial charge in [0.05, 0.1) is 10.2 Å². The van der Waals surface area contributed by atoms with Gasteiger partial charge in [-0.3, -0.25) is 9.69 Å². The maximum Gasteiger partial charge on any atom is 0.219 e. The van der Waals surface area contributed by atoms with Gasteiger partial charge in [0.15, 0.2) is 5.13 Å². The Morgan fingerprint density at radius 3 is 2.87 bits per heavy atom. The van der Waals surface area contributed by atoms with Crippen molar-refractivity contribution in [1.29, 1.82) is 0 Å². The maximum absolute atomic E-state index is 11.3. The molecule has 1 aliphatic heterocycles. The van der Waals surface area contributed by atoms with Crippen LogP contribution >= 0.6 is 27.3 Å². The van der Waals surface area contributed by atoms with E-state index in [-0.39, 0.29) is 5.91 Å². The lowest BCUT2D eigenvalue weighted by molar-refractivity contribution is -0.120. The average molecular weight is 397 g/mol. The predicted molar refractivity (Wildman–Crippen MR) is 99.3 cm³/mol. The van der Waals surface area contributed by atoms with Gasteiger partial charge in [-0.2, -0.15) is 0 Å². The van der Waals surface area contributed by atoms with Crippen molar-refractivity contribution in [3.05, 3.63) is 22.7 Å². The van der Waals surface area contributed by atoms with Crippen LogP contribution in [0.4, 0.5) is 5.13 Å². The largest absolute Gasteiger partial charge is 0.355 e. The number of aromatic nitrogens is 1. The molecule has 0 aliphatic carbocycles. The Kier molecular flexibility index (Phi) is 5.50. The van der Waals surface area contributed by atoms with Crippen LogP contribution in [0.2, 0.25) is 0 Å². The predicted octanol–water partition coefficient (Wildman–Crippen LogP) is 2.71. The van der Waals surface area contributed by atoms with Crippen LogP contribution in [0.5, 0.6) is 0 Å². The third-order valence-corrected chi connectivity index (χ3v) is 5.63. The summed E-state index contributed by atoms with van der Waals surface area (Å²) in [6.07, 6.45) is 0.557. The van der Waals surface area contributed by atoms with Crippen LogP contribution in [0.25, 0.3) is 10.2 Å². The average Bonchev–Trinajstić information content (AvgIpc) is 2.98. The molecule has 0 atom stereocenters. The number of benzene rings is 1. The molecular formula is C16H21BrN4OS. The van der Waals surface area contributed by atoms with E-state index in [1.165, 1.54) is 4.70 Å². The molecule has 5 nitrogen and oxygen atoms in total. The lowest BCUT2D eigenvalue weighted by atomic mass is 10.3. The molecule has 0 saturated carbocycles. The van der Waals surface area contributed by atoms with Crippen molar-refractivity contribution in [2.24, 2.45) is 0 Å². The van der Waals surface area contributed by atoms with Gasteiger partial charge in [-0.05, 0) is 18.2 Å². The van der Waals surface area contributed by atoms with Gasteiger partial charge in [-0.15, -0.1) is 0 Å². The van der Waals surface area contributed by atoms with Crippen molar-refractivity contribution in [2.45, 2.75) is 13.3 Å². The fourth-order valence-corrected chi connectivity index (χ4v) is 4.23. The molecule has 0 spiro atoms. The van der Waals surface area contributed by atoms with E-state index >= 15 is 0 Å². The number of hydrogen-bond donors (Lipinski definition) is 1. The van der Waals surface area contributed by atoms with Crippen molar-refractivity contribution in [1.82, 2.24) is 15.2 Å². The standard InChI is InChI=1S/C16H21BrN4OS/c1-2-15(22)18-5-6-20-7-9-21(10-8-20)16-19-13-4-3-12(17)11-14(13)23-16/h3-4,11H,2,5-10H2,1H3,(H,18,22). The number of nitrogens with one attached hydrogen (secondary N) is 1. The van der Waals surface area contributed by atoms with Crippen molar-refractivity contribution < 1.29 is 4.79 Å². The minimum absolute atomic E-state index is 0.129. The first-order valence-corrected chi connectivity index (χ1v) is 9.57. The first-order valence-electron chi connectivity index (χ1n) is 7.96. The SMILES string of the molecule is CCC(=O)NCCN1CCN(c2nc3ccc(Br)cc3s2)CC1. The van der Waals surface area contributed by atoms with E-state index < -0.39 is 0 Å². The van der Waals surface area contributed by atoms with Crippen LogP contribution in [-0.4, -0.2) is 55.1 Å². The molecule has 1 saturated heterocycles. The summed E-state index contributed by atoms with van der Waals surface area (Å²) in [7, 11) is 0. The zero-order valence-electron chi connectivity index (χ0n) is 13.2.